The van der Waals surface area contributed by atoms with Crippen molar-refractivity contribution >= 4 is 23.1 Å². The summed E-state index contributed by atoms with van der Waals surface area (Å²) in [5, 5.41) is 43.1. The van der Waals surface area contributed by atoms with Gasteiger partial charge >= 0.3 is 82.2 Å². The number of para-hydroxylation sites is 1. The van der Waals surface area contributed by atoms with Gasteiger partial charge in [0.15, 0.2) is 0 Å². The second-order valence-electron chi connectivity index (χ2n) is 10.2. The molecule has 4 aromatic rings. The van der Waals surface area contributed by atoms with E-state index in [1.165, 1.54) is 11.1 Å². The molecular weight excluding hydrogens is 567 g/mol. The van der Waals surface area contributed by atoms with Gasteiger partial charge < -0.3 is 20.4 Å². The molecule has 0 fully saturated rings. The second-order valence-corrected chi connectivity index (χ2v) is 10.2. The van der Waals surface area contributed by atoms with Crippen LogP contribution >= 0.6 is 0 Å². The first-order chi connectivity index (χ1) is 19.1. The summed E-state index contributed by atoms with van der Waals surface area (Å²) in [4.78, 5) is 0. The first-order valence-electron chi connectivity index (χ1n) is 14.1. The Balaban J connectivity index is -0.000000485. The monoisotopic (exact) mass is 610 g/mol. The topological polar surface area (TPSA) is 92.2 Å². The Morgan fingerprint density at radius 3 is 1.42 bits per heavy atom. The normalized spacial score (nSPS) is 9.30. The van der Waals surface area contributed by atoms with Gasteiger partial charge in [0, 0.05) is 0 Å². The molecule has 216 valence electrons. The van der Waals surface area contributed by atoms with Crippen LogP contribution in [0.1, 0.15) is 88.5 Å². The second kappa shape index (κ2) is 27.2. The van der Waals surface area contributed by atoms with E-state index >= 15 is 0 Å². The molecule has 4 aromatic carbocycles. The van der Waals surface area contributed by atoms with E-state index in [-0.39, 0.29) is 105 Å². The van der Waals surface area contributed by atoms with E-state index in [1.807, 2.05) is 62.4 Å². The van der Waals surface area contributed by atoms with Crippen molar-refractivity contribution in [2.45, 2.75) is 79.1 Å². The number of hydrogen-bond donors (Lipinski definition) is 0. The van der Waals surface area contributed by atoms with Crippen LogP contribution in [-0.2, 0) is 12.8 Å². The number of hydrogen-bond acceptors (Lipinski definition) is 4. The van der Waals surface area contributed by atoms with Crippen molar-refractivity contribution in [2.75, 3.05) is 0 Å². The van der Waals surface area contributed by atoms with E-state index in [0.717, 1.165) is 36.8 Å². The van der Waals surface area contributed by atoms with Gasteiger partial charge in [-0.1, -0.05) is 157 Å². The van der Waals surface area contributed by atoms with Gasteiger partial charge in [-0.05, 0) is 41.4 Å². The van der Waals surface area contributed by atoms with Gasteiger partial charge in [-0.2, -0.15) is 0 Å². The first kappa shape index (κ1) is 46.3. The molecule has 0 amide bonds. The molecule has 0 radical (unpaired) electrons. The molecule has 0 N–H and O–H groups in total. The van der Waals surface area contributed by atoms with Gasteiger partial charge in [-0.25, -0.2) is 0 Å². The van der Waals surface area contributed by atoms with Crippen LogP contribution in [0.5, 0.6) is 23.0 Å². The summed E-state index contributed by atoms with van der Waals surface area (Å²) in [5.74, 6) is 1.31. The van der Waals surface area contributed by atoms with Crippen LogP contribution in [0, 0.1) is 0 Å². The maximum atomic E-state index is 11.1. The molecule has 0 aliphatic heterocycles. The van der Waals surface area contributed by atoms with Gasteiger partial charge in [0.25, 0.3) is 0 Å². The fraction of sp³-hybridized carbons (Fsp3) is 0.333. The third kappa shape index (κ3) is 21.3. The molecule has 7 heteroatoms. The molecule has 0 heterocycles. The minimum absolute atomic E-state index is 0. The molecule has 0 unspecified atom stereocenters. The minimum atomic E-state index is 0. The average Bonchev–Trinajstić information content (AvgIpc) is 2.92. The Kier molecular flexibility index (Phi) is 29.2. The van der Waals surface area contributed by atoms with E-state index in [4.69, 9.17) is 0 Å². The van der Waals surface area contributed by atoms with E-state index in [0.29, 0.717) is 11.8 Å². The molecule has 0 bridgehead atoms. The van der Waals surface area contributed by atoms with Crippen molar-refractivity contribution in [3.63, 3.8) is 0 Å². The Hall–Kier alpha value is -1.15. The Labute approximate surface area is 320 Å². The third-order valence-electron chi connectivity index (χ3n) is 5.99. The molecule has 0 aliphatic carbocycles. The summed E-state index contributed by atoms with van der Waals surface area (Å²) >= 11 is 0. The predicted octanol–water partition coefficient (Wildman–Crippen LogP) is 0.820. The Morgan fingerprint density at radius 2 is 1.00 bits per heavy atom. The maximum Gasteiger partial charge on any atom is 2.00 e. The zero-order valence-electron chi connectivity index (χ0n) is 27.6. The van der Waals surface area contributed by atoms with Crippen LogP contribution in [0.15, 0.2) is 97.1 Å². The van der Waals surface area contributed by atoms with Crippen molar-refractivity contribution in [1.82, 2.24) is 0 Å². The molecule has 4 rings (SSSR count). The molecule has 0 aliphatic rings. The molecule has 0 saturated heterocycles. The summed E-state index contributed by atoms with van der Waals surface area (Å²) in [6.07, 6.45) is 4.32. The van der Waals surface area contributed by atoms with Crippen LogP contribution in [0.2, 0.25) is 0 Å². The van der Waals surface area contributed by atoms with Crippen LogP contribution in [0.25, 0.3) is 0 Å². The van der Waals surface area contributed by atoms with Crippen LogP contribution < -0.4 is 79.5 Å². The zero-order valence-corrected chi connectivity index (χ0v) is 33.0. The summed E-state index contributed by atoms with van der Waals surface area (Å²) in [7, 11) is 0. The van der Waals surface area contributed by atoms with Crippen molar-refractivity contribution in [3.8, 4) is 23.0 Å². The Morgan fingerprint density at radius 1 is 0.512 bits per heavy atom. The van der Waals surface area contributed by atoms with Crippen molar-refractivity contribution < 1.29 is 79.5 Å². The van der Waals surface area contributed by atoms with Crippen LogP contribution in [0.4, 0.5) is 0 Å². The smallest absolute Gasteiger partial charge is 0.872 e. The van der Waals surface area contributed by atoms with Gasteiger partial charge in [-0.15, -0.1) is 23.0 Å². The molecular formula is C36H44MgNa2O4. The van der Waals surface area contributed by atoms with Crippen LogP contribution in [-0.4, -0.2) is 23.1 Å². The molecule has 4 nitrogen and oxygen atoms in total. The maximum absolute atomic E-state index is 11.1. The number of aryl methyl sites for hydroxylation is 2. The van der Waals surface area contributed by atoms with E-state index in [1.54, 1.807) is 48.5 Å². The zero-order chi connectivity index (χ0) is 29.9. The molecule has 0 aromatic heterocycles. The predicted molar refractivity (Wildman–Crippen MR) is 165 cm³/mol. The van der Waals surface area contributed by atoms with E-state index in [9.17, 15) is 20.4 Å². The fourth-order valence-electron chi connectivity index (χ4n) is 3.74. The fourth-order valence-corrected chi connectivity index (χ4v) is 3.74. The average molecular weight is 611 g/mol. The molecule has 0 saturated carbocycles. The van der Waals surface area contributed by atoms with E-state index in [2.05, 4.69) is 27.7 Å². The van der Waals surface area contributed by atoms with E-state index < -0.39 is 0 Å². The van der Waals surface area contributed by atoms with Gasteiger partial charge in [-0.3, -0.25) is 0 Å². The summed E-state index contributed by atoms with van der Waals surface area (Å²) in [6.45, 7) is 12.5. The number of benzene rings is 4. The first-order valence-corrected chi connectivity index (χ1v) is 14.1. The molecule has 43 heavy (non-hydrogen) atoms. The summed E-state index contributed by atoms with van der Waals surface area (Å²) in [6, 6.07) is 28.2. The summed E-state index contributed by atoms with van der Waals surface area (Å²) in [5.41, 5.74) is 4.53. The van der Waals surface area contributed by atoms with Gasteiger partial charge in [0.1, 0.15) is 0 Å². The minimum Gasteiger partial charge on any atom is -0.872 e. The Bertz CT molecular complexity index is 1210. The largest absolute Gasteiger partial charge is 2.00 e. The van der Waals surface area contributed by atoms with Crippen molar-refractivity contribution in [1.29, 1.82) is 0 Å². The third-order valence-corrected chi connectivity index (χ3v) is 5.99. The molecule has 0 atom stereocenters. The van der Waals surface area contributed by atoms with Gasteiger partial charge in [0.2, 0.25) is 0 Å². The summed E-state index contributed by atoms with van der Waals surface area (Å²) < 4.78 is 0. The van der Waals surface area contributed by atoms with Crippen LogP contribution in [0.3, 0.4) is 0 Å². The van der Waals surface area contributed by atoms with Crippen molar-refractivity contribution in [3.05, 3.63) is 119 Å². The quantitative estimate of drug-likeness (QED) is 0.302. The number of rotatable bonds is 6. The van der Waals surface area contributed by atoms with Crippen molar-refractivity contribution in [2.24, 2.45) is 0 Å². The van der Waals surface area contributed by atoms with Gasteiger partial charge in [0.05, 0.1) is 0 Å². The standard InChI is InChI=1S/4C9H12O.Mg.2Na/c1-7(2)8-3-5-9(10)6-4-8;1-7(2)8-5-3-4-6-9(8)10;1-2-4-8-5-3-6-9(10)7-8;1-2-3-8-4-6-9(10)7-5-8;;;/h2*3-7,10H,1-2H3;3,5-7,10H,2,4H2,1H3;4-7,10H,2-3H2,1H3;;;/q;;;;+2;2*+1/p-4. The SMILES string of the molecule is CC(C)c1ccc([O-])cc1.CC(C)c1ccccc1[O-].CCCc1ccc([O-])cc1.CCCc1cccc([O-])c1.[Mg+2].[Na+].[Na+]. The molecule has 0 spiro atoms.